The molecule has 0 aromatic heterocycles. The van der Waals surface area contributed by atoms with E-state index in [1.54, 1.807) is 43.5 Å². The minimum Gasteiger partial charge on any atom is -0.497 e. The third-order valence-corrected chi connectivity index (χ3v) is 4.78. The van der Waals surface area contributed by atoms with Gasteiger partial charge in [0.15, 0.2) is 0 Å². The highest BCUT2D eigenvalue weighted by atomic mass is 16.5. The monoisotopic (exact) mass is 380 g/mol. The van der Waals surface area contributed by atoms with Gasteiger partial charge in [0.2, 0.25) is 5.91 Å². The van der Waals surface area contributed by atoms with Crippen molar-refractivity contribution in [2.75, 3.05) is 45.3 Å². The Morgan fingerprint density at radius 3 is 2.11 bits per heavy atom. The molecule has 2 aromatic carbocycles. The maximum absolute atomic E-state index is 12.4. The lowest BCUT2D eigenvalue weighted by Crippen LogP contribution is -2.48. The van der Waals surface area contributed by atoms with Crippen LogP contribution >= 0.6 is 0 Å². The van der Waals surface area contributed by atoms with Crippen molar-refractivity contribution in [1.29, 1.82) is 0 Å². The molecule has 2 aromatic rings. The van der Waals surface area contributed by atoms with Crippen LogP contribution in [0.15, 0.2) is 54.6 Å². The number of carbonyl (C=O) groups excluding carboxylic acids is 2. The highest BCUT2D eigenvalue weighted by molar-refractivity contribution is 5.92. The molecule has 0 saturated carbocycles. The van der Waals surface area contributed by atoms with E-state index in [2.05, 4.69) is 9.64 Å². The van der Waals surface area contributed by atoms with Gasteiger partial charge in [-0.2, -0.15) is 0 Å². The van der Waals surface area contributed by atoms with Crippen LogP contribution in [0.2, 0.25) is 0 Å². The number of methoxy groups -OCH3 is 2. The van der Waals surface area contributed by atoms with Crippen molar-refractivity contribution >= 4 is 23.6 Å². The molecule has 0 N–H and O–H groups in total. The highest BCUT2D eigenvalue weighted by Crippen LogP contribution is 2.20. The molecule has 28 heavy (non-hydrogen) atoms. The maximum atomic E-state index is 12.4. The fraction of sp³-hybridized carbons (Fsp3) is 0.273. The number of carbonyl (C=O) groups is 2. The normalized spacial score (nSPS) is 14.2. The van der Waals surface area contributed by atoms with Crippen LogP contribution < -0.4 is 9.64 Å². The quantitative estimate of drug-likeness (QED) is 0.590. The summed E-state index contributed by atoms with van der Waals surface area (Å²) in [4.78, 5) is 28.0. The summed E-state index contributed by atoms with van der Waals surface area (Å²) in [5.41, 5.74) is 2.48. The third kappa shape index (κ3) is 4.71. The number of benzene rings is 2. The molecule has 3 rings (SSSR count). The van der Waals surface area contributed by atoms with E-state index in [1.165, 1.54) is 7.11 Å². The van der Waals surface area contributed by atoms with E-state index in [4.69, 9.17) is 4.74 Å². The lowest BCUT2D eigenvalue weighted by Gasteiger charge is -2.35. The first kappa shape index (κ1) is 19.5. The van der Waals surface area contributed by atoms with E-state index in [0.29, 0.717) is 18.7 Å². The number of ether oxygens (including phenoxy) is 2. The van der Waals surface area contributed by atoms with Gasteiger partial charge in [0.25, 0.3) is 0 Å². The summed E-state index contributed by atoms with van der Waals surface area (Å²) >= 11 is 0. The average Bonchev–Trinajstić information content (AvgIpc) is 2.77. The van der Waals surface area contributed by atoms with Crippen LogP contribution in [0.3, 0.4) is 0 Å². The molecule has 1 amide bonds. The Kier molecular flexibility index (Phi) is 6.32. The lowest BCUT2D eigenvalue weighted by molar-refractivity contribution is -0.126. The van der Waals surface area contributed by atoms with Gasteiger partial charge in [-0.3, -0.25) is 4.79 Å². The van der Waals surface area contributed by atoms with Gasteiger partial charge in [0, 0.05) is 37.9 Å². The minimum absolute atomic E-state index is 0.00794. The first-order valence-electron chi connectivity index (χ1n) is 9.15. The molecule has 0 atom stereocenters. The summed E-state index contributed by atoms with van der Waals surface area (Å²) in [5.74, 6) is 0.454. The maximum Gasteiger partial charge on any atom is 0.337 e. The number of esters is 1. The Morgan fingerprint density at radius 1 is 0.893 bits per heavy atom. The summed E-state index contributed by atoms with van der Waals surface area (Å²) in [7, 11) is 3.00. The predicted octanol–water partition coefficient (Wildman–Crippen LogP) is 2.84. The minimum atomic E-state index is -0.374. The number of nitrogens with zero attached hydrogens (tertiary/aromatic N) is 2. The van der Waals surface area contributed by atoms with Gasteiger partial charge in [-0.05, 0) is 48.0 Å². The van der Waals surface area contributed by atoms with Crippen LogP contribution in [0.4, 0.5) is 5.69 Å². The zero-order valence-electron chi connectivity index (χ0n) is 16.1. The topological polar surface area (TPSA) is 59.1 Å². The highest BCUT2D eigenvalue weighted by Gasteiger charge is 2.19. The molecule has 6 nitrogen and oxygen atoms in total. The molecule has 0 spiro atoms. The van der Waals surface area contributed by atoms with Crippen LogP contribution in [0.1, 0.15) is 15.9 Å². The van der Waals surface area contributed by atoms with Crippen LogP contribution in [0.25, 0.3) is 6.08 Å². The van der Waals surface area contributed by atoms with Crippen molar-refractivity contribution in [2.24, 2.45) is 0 Å². The molecule has 1 saturated heterocycles. The van der Waals surface area contributed by atoms with Crippen molar-refractivity contribution in [3.8, 4) is 5.75 Å². The smallest absolute Gasteiger partial charge is 0.337 e. The zero-order valence-corrected chi connectivity index (χ0v) is 16.1. The molecular formula is C22H24N2O4. The Balaban J connectivity index is 1.53. The van der Waals surface area contributed by atoms with Crippen LogP contribution in [-0.4, -0.2) is 57.2 Å². The Morgan fingerprint density at radius 2 is 1.54 bits per heavy atom. The fourth-order valence-corrected chi connectivity index (χ4v) is 3.10. The fourth-order valence-electron chi connectivity index (χ4n) is 3.10. The van der Waals surface area contributed by atoms with Gasteiger partial charge in [0.1, 0.15) is 5.75 Å². The second-order valence-corrected chi connectivity index (χ2v) is 6.46. The number of rotatable bonds is 5. The van der Waals surface area contributed by atoms with Crippen molar-refractivity contribution in [3.63, 3.8) is 0 Å². The second-order valence-electron chi connectivity index (χ2n) is 6.46. The molecule has 0 aliphatic carbocycles. The third-order valence-electron chi connectivity index (χ3n) is 4.78. The summed E-state index contributed by atoms with van der Waals surface area (Å²) in [6.07, 6.45) is 3.34. The van der Waals surface area contributed by atoms with E-state index in [1.807, 2.05) is 29.2 Å². The number of hydrogen-bond acceptors (Lipinski definition) is 5. The molecule has 1 heterocycles. The van der Waals surface area contributed by atoms with E-state index >= 15 is 0 Å². The molecule has 1 aliphatic rings. The zero-order chi connectivity index (χ0) is 19.9. The van der Waals surface area contributed by atoms with Crippen molar-refractivity contribution in [3.05, 3.63) is 65.7 Å². The summed E-state index contributed by atoms with van der Waals surface area (Å²) in [5, 5.41) is 0. The first-order valence-corrected chi connectivity index (χ1v) is 9.15. The number of hydrogen-bond donors (Lipinski definition) is 0. The van der Waals surface area contributed by atoms with E-state index in [-0.39, 0.29) is 11.9 Å². The van der Waals surface area contributed by atoms with E-state index < -0.39 is 0 Å². The molecule has 1 fully saturated rings. The van der Waals surface area contributed by atoms with Gasteiger partial charge in [0.05, 0.1) is 19.8 Å². The summed E-state index contributed by atoms with van der Waals surface area (Å²) < 4.78 is 9.87. The van der Waals surface area contributed by atoms with Crippen LogP contribution in [0, 0.1) is 0 Å². The first-order chi connectivity index (χ1) is 13.6. The number of amides is 1. The molecule has 6 heteroatoms. The molecule has 1 aliphatic heterocycles. The van der Waals surface area contributed by atoms with Gasteiger partial charge in [-0.25, -0.2) is 4.79 Å². The van der Waals surface area contributed by atoms with Crippen LogP contribution in [-0.2, 0) is 9.53 Å². The molecule has 0 unspecified atom stereocenters. The average molecular weight is 380 g/mol. The SMILES string of the molecule is COC(=O)c1ccc(/C=C/C(=O)N2CCN(c3ccc(OC)cc3)CC2)cc1. The number of piperazine rings is 1. The van der Waals surface area contributed by atoms with Gasteiger partial charge in [-0.15, -0.1) is 0 Å². The molecular weight excluding hydrogens is 356 g/mol. The largest absolute Gasteiger partial charge is 0.497 e. The predicted molar refractivity (Wildman–Crippen MR) is 109 cm³/mol. The number of anilines is 1. The molecule has 0 bridgehead atoms. The van der Waals surface area contributed by atoms with E-state index in [9.17, 15) is 9.59 Å². The molecule has 146 valence electrons. The van der Waals surface area contributed by atoms with Crippen molar-refractivity contribution in [2.45, 2.75) is 0 Å². The second kappa shape index (κ2) is 9.08. The van der Waals surface area contributed by atoms with Crippen molar-refractivity contribution in [1.82, 2.24) is 4.90 Å². The van der Waals surface area contributed by atoms with Gasteiger partial charge < -0.3 is 19.3 Å². The van der Waals surface area contributed by atoms with Crippen LogP contribution in [0.5, 0.6) is 5.75 Å². The summed E-state index contributed by atoms with van der Waals surface area (Å²) in [6.45, 7) is 2.94. The van der Waals surface area contributed by atoms with Gasteiger partial charge in [-0.1, -0.05) is 12.1 Å². The van der Waals surface area contributed by atoms with Crippen molar-refractivity contribution < 1.29 is 19.1 Å². The van der Waals surface area contributed by atoms with Gasteiger partial charge >= 0.3 is 5.97 Å². The Hall–Kier alpha value is -3.28. The summed E-state index contributed by atoms with van der Waals surface area (Å²) in [6, 6.07) is 14.9. The lowest BCUT2D eigenvalue weighted by atomic mass is 10.1. The van der Waals surface area contributed by atoms with E-state index in [0.717, 1.165) is 30.1 Å². The Bertz CT molecular complexity index is 836. The standard InChI is InChI=1S/C22H24N2O4/c1-27-20-10-8-19(9-11-20)23-13-15-24(16-14-23)21(25)12-5-17-3-6-18(7-4-17)22(26)28-2/h3-12H,13-16H2,1-2H3/b12-5+. The molecule has 0 radical (unpaired) electrons. The Labute approximate surface area is 165 Å².